The fourth-order valence-corrected chi connectivity index (χ4v) is 5.23. The van der Waals surface area contributed by atoms with Gasteiger partial charge in [0.2, 0.25) is 10.0 Å². The van der Waals surface area contributed by atoms with Crippen molar-refractivity contribution in [3.05, 3.63) is 0 Å². The zero-order valence-electron chi connectivity index (χ0n) is 14.8. The van der Waals surface area contributed by atoms with E-state index in [2.05, 4.69) is 19.9 Å². The number of fused-ring (bicyclic) bond motifs is 1. The summed E-state index contributed by atoms with van der Waals surface area (Å²) in [4.78, 5) is 6.67. The molecule has 2 saturated carbocycles. The SMILES string of the molecule is CN=C(NCCS(=O)(=O)NCC1CCC1)N1CC2CCCCC2C1. The lowest BCUT2D eigenvalue weighted by Gasteiger charge is -2.25. The third kappa shape index (κ3) is 4.63. The van der Waals surface area contributed by atoms with Gasteiger partial charge in [0.05, 0.1) is 5.75 Å². The third-order valence-electron chi connectivity index (χ3n) is 5.96. The highest BCUT2D eigenvalue weighted by atomic mass is 32.2. The summed E-state index contributed by atoms with van der Waals surface area (Å²) in [6.45, 7) is 3.15. The molecule has 1 heterocycles. The summed E-state index contributed by atoms with van der Waals surface area (Å²) in [5.74, 6) is 3.11. The number of aliphatic imine (C=N–C) groups is 1. The van der Waals surface area contributed by atoms with E-state index in [-0.39, 0.29) is 5.75 Å². The van der Waals surface area contributed by atoms with Crippen molar-refractivity contribution in [1.29, 1.82) is 0 Å². The summed E-state index contributed by atoms with van der Waals surface area (Å²) in [6, 6.07) is 0. The fraction of sp³-hybridized carbons (Fsp3) is 0.941. The maximum atomic E-state index is 12.1. The molecule has 0 aromatic rings. The highest BCUT2D eigenvalue weighted by molar-refractivity contribution is 7.89. The molecule has 0 aromatic heterocycles. The van der Waals surface area contributed by atoms with Crippen LogP contribution in [0.3, 0.4) is 0 Å². The zero-order valence-corrected chi connectivity index (χ0v) is 15.7. The van der Waals surface area contributed by atoms with Crippen LogP contribution >= 0.6 is 0 Å². The van der Waals surface area contributed by atoms with Gasteiger partial charge in [0.15, 0.2) is 5.96 Å². The van der Waals surface area contributed by atoms with Crippen LogP contribution in [0.5, 0.6) is 0 Å². The molecule has 0 amide bonds. The Morgan fingerprint density at radius 2 is 1.75 bits per heavy atom. The van der Waals surface area contributed by atoms with Gasteiger partial charge in [0.1, 0.15) is 0 Å². The quantitative estimate of drug-likeness (QED) is 0.557. The second-order valence-electron chi connectivity index (χ2n) is 7.65. The maximum Gasteiger partial charge on any atom is 0.213 e. The van der Waals surface area contributed by atoms with E-state index in [1.54, 1.807) is 7.05 Å². The van der Waals surface area contributed by atoms with Crippen molar-refractivity contribution in [3.8, 4) is 0 Å². The number of hydrogen-bond donors (Lipinski definition) is 2. The fourth-order valence-electron chi connectivity index (χ4n) is 4.22. The molecule has 3 aliphatic rings. The van der Waals surface area contributed by atoms with Crippen LogP contribution in [0.15, 0.2) is 4.99 Å². The first kappa shape index (κ1) is 18.0. The average Bonchev–Trinajstić information content (AvgIpc) is 2.93. The summed E-state index contributed by atoms with van der Waals surface area (Å²) in [7, 11) is -1.40. The van der Waals surface area contributed by atoms with E-state index in [1.165, 1.54) is 32.1 Å². The molecule has 0 bridgehead atoms. The maximum absolute atomic E-state index is 12.1. The molecule has 3 fully saturated rings. The Bertz CT molecular complexity index is 531. The van der Waals surface area contributed by atoms with Crippen LogP contribution in [0.4, 0.5) is 0 Å². The van der Waals surface area contributed by atoms with Crippen molar-refractivity contribution in [3.63, 3.8) is 0 Å². The topological polar surface area (TPSA) is 73.8 Å². The van der Waals surface area contributed by atoms with Crippen molar-refractivity contribution >= 4 is 16.0 Å². The smallest absolute Gasteiger partial charge is 0.213 e. The number of nitrogens with one attached hydrogen (secondary N) is 2. The van der Waals surface area contributed by atoms with Crippen LogP contribution < -0.4 is 10.0 Å². The minimum atomic E-state index is -3.19. The lowest BCUT2D eigenvalue weighted by atomic mass is 9.82. The molecule has 0 radical (unpaired) electrons. The van der Waals surface area contributed by atoms with Gasteiger partial charge >= 0.3 is 0 Å². The number of guanidine groups is 1. The van der Waals surface area contributed by atoms with Gasteiger partial charge in [-0.05, 0) is 43.4 Å². The molecule has 6 nitrogen and oxygen atoms in total. The first-order valence-electron chi connectivity index (χ1n) is 9.50. The summed E-state index contributed by atoms with van der Waals surface area (Å²) < 4.78 is 26.9. The Morgan fingerprint density at radius 3 is 2.29 bits per heavy atom. The van der Waals surface area contributed by atoms with E-state index in [0.29, 0.717) is 19.0 Å². The molecule has 24 heavy (non-hydrogen) atoms. The summed E-state index contributed by atoms with van der Waals surface area (Å²) in [5, 5.41) is 3.25. The zero-order chi connectivity index (χ0) is 17.0. The van der Waals surface area contributed by atoms with Gasteiger partial charge in [0.25, 0.3) is 0 Å². The Hall–Kier alpha value is -0.820. The summed E-state index contributed by atoms with van der Waals surface area (Å²) in [5.41, 5.74) is 0. The second kappa shape index (κ2) is 8.04. The van der Waals surface area contributed by atoms with Gasteiger partial charge in [-0.3, -0.25) is 4.99 Å². The van der Waals surface area contributed by atoms with Crippen LogP contribution in [0.25, 0.3) is 0 Å². The van der Waals surface area contributed by atoms with Gasteiger partial charge in [-0.25, -0.2) is 13.1 Å². The summed E-state index contributed by atoms with van der Waals surface area (Å²) >= 11 is 0. The van der Waals surface area contributed by atoms with Gasteiger partial charge in [-0.1, -0.05) is 19.3 Å². The molecule has 2 unspecified atom stereocenters. The average molecular weight is 357 g/mol. The first-order chi connectivity index (χ1) is 11.6. The molecular weight excluding hydrogens is 324 g/mol. The van der Waals surface area contributed by atoms with Gasteiger partial charge < -0.3 is 10.2 Å². The minimum Gasteiger partial charge on any atom is -0.355 e. The first-order valence-corrected chi connectivity index (χ1v) is 11.2. The number of nitrogens with zero attached hydrogens (tertiary/aromatic N) is 2. The molecule has 1 saturated heterocycles. The number of likely N-dealkylation sites (tertiary alicyclic amines) is 1. The molecule has 3 rings (SSSR count). The Labute approximate surface area is 146 Å². The molecule has 0 aromatic carbocycles. The molecule has 2 aliphatic carbocycles. The van der Waals surface area contributed by atoms with Crippen LogP contribution in [-0.4, -0.2) is 58.3 Å². The molecule has 2 N–H and O–H groups in total. The minimum absolute atomic E-state index is 0.111. The van der Waals surface area contributed by atoms with Crippen molar-refractivity contribution in [2.75, 3.05) is 39.0 Å². The van der Waals surface area contributed by atoms with E-state index < -0.39 is 10.0 Å². The summed E-state index contributed by atoms with van der Waals surface area (Å²) in [6.07, 6.45) is 8.92. The number of sulfonamides is 1. The predicted octanol–water partition coefficient (Wildman–Crippen LogP) is 1.40. The molecular formula is C17H32N4O2S. The van der Waals surface area contributed by atoms with Gasteiger partial charge in [0, 0.05) is 33.2 Å². The van der Waals surface area contributed by atoms with Crippen molar-refractivity contribution in [2.24, 2.45) is 22.7 Å². The largest absolute Gasteiger partial charge is 0.355 e. The lowest BCUT2D eigenvalue weighted by Crippen LogP contribution is -2.43. The van der Waals surface area contributed by atoms with Crippen molar-refractivity contribution in [1.82, 2.24) is 14.9 Å². The predicted molar refractivity (Wildman–Crippen MR) is 97.5 cm³/mol. The third-order valence-corrected chi connectivity index (χ3v) is 7.31. The van der Waals surface area contributed by atoms with E-state index in [0.717, 1.165) is 43.7 Å². The Kier molecular flexibility index (Phi) is 6.02. The van der Waals surface area contributed by atoms with E-state index >= 15 is 0 Å². The number of hydrogen-bond acceptors (Lipinski definition) is 3. The van der Waals surface area contributed by atoms with Crippen LogP contribution in [0, 0.1) is 17.8 Å². The van der Waals surface area contributed by atoms with Crippen molar-refractivity contribution in [2.45, 2.75) is 44.9 Å². The van der Waals surface area contributed by atoms with Crippen LogP contribution in [0.2, 0.25) is 0 Å². The Balaban J connectivity index is 1.41. The molecule has 7 heteroatoms. The van der Waals surface area contributed by atoms with Crippen molar-refractivity contribution < 1.29 is 8.42 Å². The molecule has 0 spiro atoms. The highest BCUT2D eigenvalue weighted by Crippen LogP contribution is 2.35. The molecule has 2 atom stereocenters. The monoisotopic (exact) mass is 356 g/mol. The molecule has 138 valence electrons. The lowest BCUT2D eigenvalue weighted by molar-refractivity contribution is 0.299. The van der Waals surface area contributed by atoms with Gasteiger partial charge in [-0.2, -0.15) is 0 Å². The van der Waals surface area contributed by atoms with Gasteiger partial charge in [-0.15, -0.1) is 0 Å². The van der Waals surface area contributed by atoms with E-state index in [4.69, 9.17) is 0 Å². The molecule has 1 aliphatic heterocycles. The highest BCUT2D eigenvalue weighted by Gasteiger charge is 2.35. The Morgan fingerprint density at radius 1 is 1.08 bits per heavy atom. The standard InChI is InChI=1S/C17H32N4O2S/c1-18-17(21-12-15-7-2-3-8-16(15)13-21)19-9-10-24(22,23)20-11-14-5-4-6-14/h14-16,20H,2-13H2,1H3,(H,18,19). The van der Waals surface area contributed by atoms with E-state index in [9.17, 15) is 8.42 Å². The van der Waals surface area contributed by atoms with E-state index in [1.807, 2.05) is 0 Å². The normalized spacial score (nSPS) is 28.5. The number of rotatable bonds is 6. The second-order valence-corrected chi connectivity index (χ2v) is 9.57. The van der Waals surface area contributed by atoms with Crippen LogP contribution in [-0.2, 0) is 10.0 Å². The van der Waals surface area contributed by atoms with Crippen LogP contribution in [0.1, 0.15) is 44.9 Å².